The normalized spacial score (nSPS) is 35.1. The molecule has 7 heteroatoms. The molecule has 4 unspecified atom stereocenters. The molecule has 0 aliphatic carbocycles. The zero-order valence-electron chi connectivity index (χ0n) is 13.7. The second-order valence-electron chi connectivity index (χ2n) is 6.41. The van der Waals surface area contributed by atoms with Crippen molar-refractivity contribution in [2.75, 3.05) is 0 Å². The van der Waals surface area contributed by atoms with E-state index in [1.165, 1.54) is 0 Å². The van der Waals surface area contributed by atoms with Crippen LogP contribution in [-0.4, -0.2) is 11.7 Å². The van der Waals surface area contributed by atoms with Crippen LogP contribution in [0, 0.1) is 56.2 Å². The van der Waals surface area contributed by atoms with Gasteiger partial charge in [-0.15, -0.1) is 0 Å². The molecule has 2 heterocycles. The molecule has 126 valence electrons. The first kappa shape index (κ1) is 17.4. The Morgan fingerprint density at radius 1 is 1.16 bits per heavy atom. The molecule has 0 saturated carbocycles. The standard InChI is InChI=1S/C18H15BrN4O2/c1-3-13-16(2)24-14(11-4-6-12(19)7-5-11)17(8-20,9-21)18(13,10-22)15(23)25-16/h4-7,13-14,23H,3H2,1-2H3. The second-order valence-corrected chi connectivity index (χ2v) is 7.32. The van der Waals surface area contributed by atoms with Gasteiger partial charge in [-0.1, -0.05) is 35.0 Å². The molecule has 1 aromatic carbocycles. The molecule has 0 spiro atoms. The zero-order chi connectivity index (χ0) is 18.5. The monoisotopic (exact) mass is 398 g/mol. The molecule has 25 heavy (non-hydrogen) atoms. The van der Waals surface area contributed by atoms with Crippen LogP contribution in [0.15, 0.2) is 28.7 Å². The quantitative estimate of drug-likeness (QED) is 0.812. The molecule has 2 bridgehead atoms. The van der Waals surface area contributed by atoms with Gasteiger partial charge in [0, 0.05) is 11.4 Å². The minimum absolute atomic E-state index is 0.368. The summed E-state index contributed by atoms with van der Waals surface area (Å²) in [4.78, 5) is 0. The molecule has 4 atom stereocenters. The Balaban J connectivity index is 2.32. The van der Waals surface area contributed by atoms with Gasteiger partial charge in [-0.2, -0.15) is 15.8 Å². The van der Waals surface area contributed by atoms with E-state index in [9.17, 15) is 15.8 Å². The first-order valence-corrected chi connectivity index (χ1v) is 8.59. The van der Waals surface area contributed by atoms with Gasteiger partial charge in [-0.25, -0.2) is 0 Å². The molecule has 0 aromatic heterocycles. The first-order valence-electron chi connectivity index (χ1n) is 7.80. The van der Waals surface area contributed by atoms with Crippen LogP contribution < -0.4 is 0 Å². The van der Waals surface area contributed by atoms with E-state index in [0.717, 1.165) is 4.47 Å². The highest BCUT2D eigenvalue weighted by Gasteiger charge is 2.78. The molecular weight excluding hydrogens is 384 g/mol. The van der Waals surface area contributed by atoms with Crippen molar-refractivity contribution < 1.29 is 9.47 Å². The van der Waals surface area contributed by atoms with E-state index in [-0.39, 0.29) is 5.90 Å². The fourth-order valence-electron chi connectivity index (χ4n) is 4.16. The van der Waals surface area contributed by atoms with Crippen molar-refractivity contribution in [3.05, 3.63) is 34.3 Å². The van der Waals surface area contributed by atoms with Crippen molar-refractivity contribution in [2.45, 2.75) is 32.2 Å². The molecule has 2 aliphatic rings. The Bertz CT molecular complexity index is 849. The van der Waals surface area contributed by atoms with Crippen LogP contribution >= 0.6 is 15.9 Å². The molecule has 2 aliphatic heterocycles. The fraction of sp³-hybridized carbons (Fsp3) is 0.444. The number of benzene rings is 1. The summed E-state index contributed by atoms with van der Waals surface area (Å²) >= 11 is 3.35. The van der Waals surface area contributed by atoms with E-state index in [1.54, 1.807) is 31.2 Å². The lowest BCUT2D eigenvalue weighted by Gasteiger charge is -2.48. The SMILES string of the molecule is CCC1C2(C)OC(=N)C1(C#N)C(C#N)(C#N)C(c1ccc(Br)cc1)O2. The van der Waals surface area contributed by atoms with Gasteiger partial charge in [0.15, 0.2) is 5.41 Å². The summed E-state index contributed by atoms with van der Waals surface area (Å²) in [5, 5.41) is 38.3. The van der Waals surface area contributed by atoms with Gasteiger partial charge in [0.25, 0.3) is 0 Å². The maximum absolute atomic E-state index is 10.0. The fourth-order valence-corrected chi connectivity index (χ4v) is 4.43. The van der Waals surface area contributed by atoms with Crippen LogP contribution in [0.25, 0.3) is 0 Å². The van der Waals surface area contributed by atoms with E-state index in [2.05, 4.69) is 22.0 Å². The van der Waals surface area contributed by atoms with Crippen LogP contribution in [0.2, 0.25) is 0 Å². The van der Waals surface area contributed by atoms with Crippen LogP contribution in [0.4, 0.5) is 0 Å². The van der Waals surface area contributed by atoms with Crippen LogP contribution in [0.1, 0.15) is 31.9 Å². The third-order valence-corrected chi connectivity index (χ3v) is 5.82. The lowest BCUT2D eigenvalue weighted by atomic mass is 9.53. The smallest absolute Gasteiger partial charge is 0.214 e. The second kappa shape index (κ2) is 5.56. The Kier molecular flexibility index (Phi) is 3.88. The first-order chi connectivity index (χ1) is 11.8. The summed E-state index contributed by atoms with van der Waals surface area (Å²) in [7, 11) is 0. The number of hydrogen-bond acceptors (Lipinski definition) is 6. The molecule has 6 nitrogen and oxygen atoms in total. The number of nitrogens with zero attached hydrogens (tertiary/aromatic N) is 3. The molecule has 1 aromatic rings. The molecule has 3 rings (SSSR count). The molecule has 1 N–H and O–H groups in total. The van der Waals surface area contributed by atoms with Gasteiger partial charge in [-0.3, -0.25) is 5.41 Å². The van der Waals surface area contributed by atoms with Gasteiger partial charge < -0.3 is 9.47 Å². The van der Waals surface area contributed by atoms with Crippen LogP contribution in [0.5, 0.6) is 0 Å². The number of rotatable bonds is 2. The number of nitrogens with one attached hydrogen (secondary N) is 1. The Morgan fingerprint density at radius 2 is 1.76 bits per heavy atom. The summed E-state index contributed by atoms with van der Waals surface area (Å²) < 4.78 is 12.6. The summed E-state index contributed by atoms with van der Waals surface area (Å²) in [6.45, 7) is 3.50. The van der Waals surface area contributed by atoms with Crippen molar-refractivity contribution in [1.29, 1.82) is 21.2 Å². The van der Waals surface area contributed by atoms with Crippen molar-refractivity contribution >= 4 is 21.8 Å². The van der Waals surface area contributed by atoms with E-state index in [4.69, 9.17) is 14.9 Å². The van der Waals surface area contributed by atoms with Crippen molar-refractivity contribution in [3.63, 3.8) is 0 Å². The Hall–Kier alpha value is -2.40. The van der Waals surface area contributed by atoms with E-state index in [1.807, 2.05) is 19.1 Å². The lowest BCUT2D eigenvalue weighted by Crippen LogP contribution is -2.58. The third kappa shape index (κ3) is 1.93. The number of hydrogen-bond donors (Lipinski definition) is 1. The van der Waals surface area contributed by atoms with Gasteiger partial charge >= 0.3 is 0 Å². The van der Waals surface area contributed by atoms with Gasteiger partial charge in [0.1, 0.15) is 6.10 Å². The largest absolute Gasteiger partial charge is 0.448 e. The number of ether oxygens (including phenoxy) is 2. The maximum Gasteiger partial charge on any atom is 0.214 e. The molecular formula is C18H15BrN4O2. The van der Waals surface area contributed by atoms with E-state index in [0.29, 0.717) is 12.0 Å². The molecule has 0 amide bonds. The molecule has 2 fully saturated rings. The Labute approximate surface area is 154 Å². The average molecular weight is 399 g/mol. The summed E-state index contributed by atoms with van der Waals surface area (Å²) in [6.07, 6.45) is -0.573. The van der Waals surface area contributed by atoms with Gasteiger partial charge in [-0.05, 0) is 24.1 Å². The highest BCUT2D eigenvalue weighted by Crippen LogP contribution is 2.67. The summed E-state index contributed by atoms with van der Waals surface area (Å²) in [5.41, 5.74) is -2.98. The lowest BCUT2D eigenvalue weighted by molar-refractivity contribution is -0.273. The van der Waals surface area contributed by atoms with E-state index < -0.39 is 28.6 Å². The third-order valence-electron chi connectivity index (χ3n) is 5.30. The maximum atomic E-state index is 10.0. The minimum atomic E-state index is -1.89. The van der Waals surface area contributed by atoms with Crippen LogP contribution in [0.3, 0.4) is 0 Å². The molecule has 2 saturated heterocycles. The van der Waals surface area contributed by atoms with Crippen molar-refractivity contribution in [1.82, 2.24) is 0 Å². The van der Waals surface area contributed by atoms with Crippen molar-refractivity contribution in [3.8, 4) is 18.2 Å². The predicted molar refractivity (Wildman–Crippen MR) is 90.7 cm³/mol. The van der Waals surface area contributed by atoms with Crippen molar-refractivity contribution in [2.24, 2.45) is 16.7 Å². The number of nitriles is 3. The summed E-state index contributed by atoms with van der Waals surface area (Å²) in [6, 6.07) is 13.2. The van der Waals surface area contributed by atoms with Gasteiger partial charge in [0.2, 0.25) is 17.1 Å². The summed E-state index contributed by atoms with van der Waals surface area (Å²) in [5.74, 6) is -2.20. The Morgan fingerprint density at radius 3 is 2.24 bits per heavy atom. The predicted octanol–water partition coefficient (Wildman–Crippen LogP) is 3.81. The topological polar surface area (TPSA) is 114 Å². The zero-order valence-corrected chi connectivity index (χ0v) is 15.3. The number of fused-ring (bicyclic) bond motifs is 2. The highest BCUT2D eigenvalue weighted by atomic mass is 79.9. The average Bonchev–Trinajstić information content (AvgIpc) is 2.78. The van der Waals surface area contributed by atoms with Gasteiger partial charge in [0.05, 0.1) is 24.1 Å². The minimum Gasteiger partial charge on any atom is -0.448 e. The van der Waals surface area contributed by atoms with Crippen LogP contribution in [-0.2, 0) is 9.47 Å². The molecule has 0 radical (unpaired) electrons. The number of halogens is 1. The highest BCUT2D eigenvalue weighted by molar-refractivity contribution is 9.10. The van der Waals surface area contributed by atoms with E-state index >= 15 is 0 Å².